The van der Waals surface area contributed by atoms with Crippen LogP contribution in [0.2, 0.25) is 0 Å². The van der Waals surface area contributed by atoms with Crippen LogP contribution in [0, 0.1) is 0 Å². The summed E-state index contributed by atoms with van der Waals surface area (Å²) in [6.07, 6.45) is 10.4. The summed E-state index contributed by atoms with van der Waals surface area (Å²) in [5.74, 6) is 0.376. The molecule has 1 unspecified atom stereocenters. The fourth-order valence-electron chi connectivity index (χ4n) is 2.54. The molecular formula is C18H19N5O. The van der Waals surface area contributed by atoms with Crippen LogP contribution in [-0.2, 0) is 4.79 Å². The van der Waals surface area contributed by atoms with Gasteiger partial charge >= 0.3 is 0 Å². The average Bonchev–Trinajstić information content (AvgIpc) is 3.03. The highest BCUT2D eigenvalue weighted by Gasteiger charge is 2.18. The first kappa shape index (κ1) is 15.7. The maximum atomic E-state index is 12.4. The van der Waals surface area contributed by atoms with E-state index < -0.39 is 0 Å². The number of nitrogens with zero attached hydrogens (tertiary/aromatic N) is 3. The average molecular weight is 321 g/mol. The number of rotatable bonds is 4. The van der Waals surface area contributed by atoms with Crippen molar-refractivity contribution < 1.29 is 4.79 Å². The highest BCUT2D eigenvalue weighted by molar-refractivity contribution is 5.92. The van der Waals surface area contributed by atoms with Gasteiger partial charge in [-0.1, -0.05) is 0 Å². The number of H-pyrrole nitrogens is 1. The molecular weight excluding hydrogens is 302 g/mol. The summed E-state index contributed by atoms with van der Waals surface area (Å²) in [4.78, 5) is 25.4. The van der Waals surface area contributed by atoms with Crippen molar-refractivity contribution >= 4 is 28.7 Å². The molecule has 3 heterocycles. The maximum Gasteiger partial charge on any atom is 0.246 e. The van der Waals surface area contributed by atoms with Gasteiger partial charge in [0, 0.05) is 37.1 Å². The van der Waals surface area contributed by atoms with E-state index in [4.69, 9.17) is 5.73 Å². The minimum Gasteiger partial charge on any atom is -0.384 e. The summed E-state index contributed by atoms with van der Waals surface area (Å²) in [6.45, 7) is 2.00. The lowest BCUT2D eigenvalue weighted by atomic mass is 10.1. The Labute approximate surface area is 140 Å². The summed E-state index contributed by atoms with van der Waals surface area (Å²) in [6, 6.07) is 5.41. The van der Waals surface area contributed by atoms with Crippen LogP contribution in [0.3, 0.4) is 0 Å². The van der Waals surface area contributed by atoms with E-state index in [0.29, 0.717) is 5.82 Å². The van der Waals surface area contributed by atoms with Crippen molar-refractivity contribution in [3.8, 4) is 0 Å². The molecule has 0 aliphatic rings. The molecule has 6 heteroatoms. The number of nitrogens with one attached hydrogen (secondary N) is 1. The highest BCUT2D eigenvalue weighted by atomic mass is 16.2. The van der Waals surface area contributed by atoms with Gasteiger partial charge < -0.3 is 15.6 Å². The Kier molecular flexibility index (Phi) is 4.29. The van der Waals surface area contributed by atoms with E-state index in [1.165, 1.54) is 0 Å². The molecule has 1 amide bonds. The number of hydrogen-bond acceptors (Lipinski definition) is 4. The zero-order chi connectivity index (χ0) is 17.1. The predicted molar refractivity (Wildman–Crippen MR) is 95.0 cm³/mol. The van der Waals surface area contributed by atoms with E-state index >= 15 is 0 Å². The minimum absolute atomic E-state index is 0.0668. The molecule has 1 atom stereocenters. The second-order valence-corrected chi connectivity index (χ2v) is 5.64. The molecule has 3 aromatic rings. The van der Waals surface area contributed by atoms with E-state index in [9.17, 15) is 4.79 Å². The van der Waals surface area contributed by atoms with Crippen LogP contribution in [-0.4, -0.2) is 32.8 Å². The maximum absolute atomic E-state index is 12.4. The quantitative estimate of drug-likeness (QED) is 0.723. The number of likely N-dealkylation sites (N-methyl/N-ethyl adjacent to an activating group) is 1. The number of nitrogen functional groups attached to an aromatic ring is 1. The Hall–Kier alpha value is -3.15. The third-order valence-electron chi connectivity index (χ3n) is 4.12. The van der Waals surface area contributed by atoms with Crippen LogP contribution in [0.4, 0.5) is 5.82 Å². The minimum atomic E-state index is -0.0808. The number of fused-ring (bicyclic) bond motifs is 1. The summed E-state index contributed by atoms with van der Waals surface area (Å²) >= 11 is 0. The normalized spacial score (nSPS) is 12.6. The molecule has 0 aromatic carbocycles. The molecule has 3 rings (SSSR count). The number of hydrogen-bond donors (Lipinski definition) is 2. The summed E-state index contributed by atoms with van der Waals surface area (Å²) in [5.41, 5.74) is 8.41. The fourth-order valence-corrected chi connectivity index (χ4v) is 2.54. The first-order valence-corrected chi connectivity index (χ1v) is 7.63. The lowest BCUT2D eigenvalue weighted by molar-refractivity contribution is -0.126. The van der Waals surface area contributed by atoms with Gasteiger partial charge in [0.05, 0.1) is 17.8 Å². The van der Waals surface area contributed by atoms with Gasteiger partial charge in [0.25, 0.3) is 0 Å². The molecule has 24 heavy (non-hydrogen) atoms. The van der Waals surface area contributed by atoms with Gasteiger partial charge in [-0.15, -0.1) is 0 Å². The van der Waals surface area contributed by atoms with Crippen LogP contribution >= 0.6 is 0 Å². The number of aromatic amines is 1. The van der Waals surface area contributed by atoms with E-state index in [0.717, 1.165) is 22.0 Å². The van der Waals surface area contributed by atoms with Gasteiger partial charge in [-0.05, 0) is 42.3 Å². The van der Waals surface area contributed by atoms with E-state index in [-0.39, 0.29) is 11.9 Å². The van der Waals surface area contributed by atoms with Crippen LogP contribution in [0.25, 0.3) is 17.0 Å². The van der Waals surface area contributed by atoms with Crippen molar-refractivity contribution in [3.05, 3.63) is 60.2 Å². The SMILES string of the molecule is CC(c1c[nH]c2cnccc12)N(C)C(=O)C=Cc1ccc(N)nc1. The summed E-state index contributed by atoms with van der Waals surface area (Å²) in [7, 11) is 1.79. The number of amides is 1. The van der Waals surface area contributed by atoms with Gasteiger partial charge in [0.15, 0.2) is 0 Å². The fraction of sp³-hybridized carbons (Fsp3) is 0.167. The topological polar surface area (TPSA) is 87.9 Å². The van der Waals surface area contributed by atoms with Crippen molar-refractivity contribution in [1.82, 2.24) is 19.9 Å². The number of carbonyl (C=O) groups is 1. The second kappa shape index (κ2) is 6.54. The number of nitrogens with two attached hydrogens (primary N) is 1. The van der Waals surface area contributed by atoms with Gasteiger partial charge in [-0.25, -0.2) is 4.98 Å². The summed E-state index contributed by atoms with van der Waals surface area (Å²) < 4.78 is 0. The highest BCUT2D eigenvalue weighted by Crippen LogP contribution is 2.26. The first-order valence-electron chi connectivity index (χ1n) is 7.63. The second-order valence-electron chi connectivity index (χ2n) is 5.64. The molecule has 0 spiro atoms. The molecule has 3 aromatic heterocycles. The standard InChI is InChI=1S/C18H19N5O/c1-12(15-10-21-16-11-20-8-7-14(15)16)23(2)18(24)6-4-13-3-5-17(19)22-9-13/h3-12,21H,1-2H3,(H2,19,22). The number of carbonyl (C=O) groups excluding carboxylic acids is 1. The zero-order valence-corrected chi connectivity index (χ0v) is 13.6. The molecule has 3 N–H and O–H groups in total. The smallest absolute Gasteiger partial charge is 0.246 e. The van der Waals surface area contributed by atoms with E-state index in [2.05, 4.69) is 15.0 Å². The van der Waals surface area contributed by atoms with Crippen LogP contribution in [0.1, 0.15) is 24.1 Å². The zero-order valence-electron chi connectivity index (χ0n) is 13.6. The van der Waals surface area contributed by atoms with E-state index in [1.54, 1.807) is 48.8 Å². The Morgan fingerprint density at radius 3 is 2.92 bits per heavy atom. The van der Waals surface area contributed by atoms with Crippen molar-refractivity contribution in [1.29, 1.82) is 0 Å². The molecule has 0 saturated carbocycles. The third-order valence-corrected chi connectivity index (χ3v) is 4.12. The molecule has 0 saturated heterocycles. The molecule has 122 valence electrons. The van der Waals surface area contributed by atoms with Crippen LogP contribution in [0.15, 0.2) is 49.1 Å². The van der Waals surface area contributed by atoms with Gasteiger partial charge in [0.2, 0.25) is 5.91 Å². The molecule has 0 aliphatic carbocycles. The van der Waals surface area contributed by atoms with Crippen LogP contribution in [0.5, 0.6) is 0 Å². The largest absolute Gasteiger partial charge is 0.384 e. The Morgan fingerprint density at radius 1 is 1.33 bits per heavy atom. The monoisotopic (exact) mass is 321 g/mol. The third kappa shape index (κ3) is 3.12. The van der Waals surface area contributed by atoms with Crippen molar-refractivity contribution in [2.24, 2.45) is 0 Å². The lowest BCUT2D eigenvalue weighted by Gasteiger charge is -2.23. The van der Waals surface area contributed by atoms with Crippen molar-refractivity contribution in [2.45, 2.75) is 13.0 Å². The number of anilines is 1. The Balaban J connectivity index is 1.76. The Bertz CT molecular complexity index is 882. The molecule has 0 radical (unpaired) electrons. The van der Waals surface area contributed by atoms with Gasteiger partial charge in [0.1, 0.15) is 5.82 Å². The number of pyridine rings is 2. The predicted octanol–water partition coefficient (Wildman–Crippen LogP) is 2.77. The Morgan fingerprint density at radius 2 is 2.17 bits per heavy atom. The lowest BCUT2D eigenvalue weighted by Crippen LogP contribution is -2.27. The van der Waals surface area contributed by atoms with Crippen LogP contribution < -0.4 is 5.73 Å². The van der Waals surface area contributed by atoms with E-state index in [1.807, 2.05) is 25.3 Å². The molecule has 6 nitrogen and oxygen atoms in total. The molecule has 0 aliphatic heterocycles. The van der Waals surface area contributed by atoms with Crippen molar-refractivity contribution in [2.75, 3.05) is 12.8 Å². The van der Waals surface area contributed by atoms with Gasteiger partial charge in [-0.3, -0.25) is 9.78 Å². The molecule has 0 fully saturated rings. The summed E-state index contributed by atoms with van der Waals surface area (Å²) in [5, 5.41) is 1.07. The molecule has 0 bridgehead atoms. The van der Waals surface area contributed by atoms with Gasteiger partial charge in [-0.2, -0.15) is 0 Å². The number of aromatic nitrogens is 3. The first-order chi connectivity index (χ1) is 11.6. The van der Waals surface area contributed by atoms with Crippen molar-refractivity contribution in [3.63, 3.8) is 0 Å².